The third kappa shape index (κ3) is 2.46. The standard InChI is InChI=1S/C12H14O2/c1-3-10(8-9-13)11-4-6-12(14-2)7-5-11/h4-9H,3H2,1-2H3/b10-8+. The van der Waals surface area contributed by atoms with Gasteiger partial charge in [-0.05, 0) is 35.8 Å². The highest BCUT2D eigenvalue weighted by Gasteiger charge is 1.98. The number of carbonyl (C=O) groups is 1. The minimum Gasteiger partial charge on any atom is -0.497 e. The summed E-state index contributed by atoms with van der Waals surface area (Å²) >= 11 is 0. The highest BCUT2D eigenvalue weighted by molar-refractivity contribution is 5.81. The molecule has 0 aliphatic heterocycles. The SMILES string of the molecule is CC/C(=C\C=O)c1ccc(OC)cc1. The fourth-order valence-corrected chi connectivity index (χ4v) is 1.31. The number of benzene rings is 1. The minimum absolute atomic E-state index is 0.822. The maximum atomic E-state index is 10.4. The summed E-state index contributed by atoms with van der Waals surface area (Å²) in [6.07, 6.45) is 3.27. The van der Waals surface area contributed by atoms with Gasteiger partial charge in [-0.2, -0.15) is 0 Å². The van der Waals surface area contributed by atoms with Crippen LogP contribution in [0.3, 0.4) is 0 Å². The van der Waals surface area contributed by atoms with Gasteiger partial charge in [0.1, 0.15) is 12.0 Å². The van der Waals surface area contributed by atoms with Crippen LogP contribution in [0.25, 0.3) is 5.57 Å². The van der Waals surface area contributed by atoms with Gasteiger partial charge in [0.25, 0.3) is 0 Å². The molecule has 1 aromatic rings. The summed E-state index contributed by atoms with van der Waals surface area (Å²) in [5.41, 5.74) is 2.11. The van der Waals surface area contributed by atoms with E-state index in [9.17, 15) is 4.79 Å². The Labute approximate surface area is 84.2 Å². The Kier molecular flexibility index (Phi) is 3.92. The molecule has 0 saturated carbocycles. The van der Waals surface area contributed by atoms with Crippen LogP contribution < -0.4 is 4.74 Å². The van der Waals surface area contributed by atoms with Gasteiger partial charge < -0.3 is 4.74 Å². The number of ether oxygens (including phenoxy) is 1. The third-order valence-corrected chi connectivity index (χ3v) is 2.11. The summed E-state index contributed by atoms with van der Waals surface area (Å²) in [4.78, 5) is 10.4. The molecule has 14 heavy (non-hydrogen) atoms. The van der Waals surface area contributed by atoms with Gasteiger partial charge in [-0.3, -0.25) is 4.79 Å². The van der Waals surface area contributed by atoms with Crippen molar-refractivity contribution in [3.8, 4) is 5.75 Å². The Morgan fingerprint density at radius 3 is 2.43 bits per heavy atom. The Hall–Kier alpha value is -1.57. The molecule has 2 heteroatoms. The van der Waals surface area contributed by atoms with Gasteiger partial charge in [-0.25, -0.2) is 0 Å². The van der Waals surface area contributed by atoms with Gasteiger partial charge in [0, 0.05) is 0 Å². The van der Waals surface area contributed by atoms with Crippen molar-refractivity contribution in [3.05, 3.63) is 35.9 Å². The highest BCUT2D eigenvalue weighted by atomic mass is 16.5. The lowest BCUT2D eigenvalue weighted by molar-refractivity contribution is -0.104. The Morgan fingerprint density at radius 2 is 2.00 bits per heavy atom. The first kappa shape index (κ1) is 10.5. The van der Waals surface area contributed by atoms with Crippen molar-refractivity contribution in [1.82, 2.24) is 0 Å². The van der Waals surface area contributed by atoms with Crippen LogP contribution >= 0.6 is 0 Å². The first-order valence-electron chi connectivity index (χ1n) is 4.60. The average Bonchev–Trinajstić information content (AvgIpc) is 2.26. The quantitative estimate of drug-likeness (QED) is 0.539. The molecule has 1 aromatic carbocycles. The topological polar surface area (TPSA) is 26.3 Å². The molecule has 0 heterocycles. The van der Waals surface area contributed by atoms with Crippen molar-refractivity contribution < 1.29 is 9.53 Å². The monoisotopic (exact) mass is 190 g/mol. The molecule has 74 valence electrons. The van der Waals surface area contributed by atoms with Crippen molar-refractivity contribution in [2.45, 2.75) is 13.3 Å². The van der Waals surface area contributed by atoms with Gasteiger partial charge in [-0.1, -0.05) is 19.1 Å². The summed E-state index contributed by atoms with van der Waals surface area (Å²) in [5.74, 6) is 0.829. The van der Waals surface area contributed by atoms with E-state index in [1.807, 2.05) is 31.2 Å². The fourth-order valence-electron chi connectivity index (χ4n) is 1.31. The predicted octanol–water partition coefficient (Wildman–Crippen LogP) is 2.69. The molecule has 0 aliphatic carbocycles. The molecule has 0 bridgehead atoms. The van der Waals surface area contributed by atoms with Crippen LogP contribution in [0.4, 0.5) is 0 Å². The number of allylic oxidation sites excluding steroid dienone is 2. The van der Waals surface area contributed by atoms with E-state index in [0.717, 1.165) is 29.6 Å². The molecule has 0 spiro atoms. The summed E-state index contributed by atoms with van der Waals surface area (Å²) in [5, 5.41) is 0. The van der Waals surface area contributed by atoms with Gasteiger partial charge in [-0.15, -0.1) is 0 Å². The van der Waals surface area contributed by atoms with Crippen LogP contribution in [0.5, 0.6) is 5.75 Å². The number of methoxy groups -OCH3 is 1. The summed E-state index contributed by atoms with van der Waals surface area (Å²) < 4.78 is 5.05. The van der Waals surface area contributed by atoms with Crippen molar-refractivity contribution in [2.75, 3.05) is 7.11 Å². The van der Waals surface area contributed by atoms with E-state index < -0.39 is 0 Å². The average molecular weight is 190 g/mol. The van der Waals surface area contributed by atoms with Crippen LogP contribution in [0.2, 0.25) is 0 Å². The van der Waals surface area contributed by atoms with Crippen LogP contribution in [0, 0.1) is 0 Å². The number of carbonyl (C=O) groups excluding carboxylic acids is 1. The highest BCUT2D eigenvalue weighted by Crippen LogP contribution is 2.20. The molecule has 0 fully saturated rings. The Bertz CT molecular complexity index is 323. The maximum Gasteiger partial charge on any atom is 0.143 e. The second-order valence-corrected chi connectivity index (χ2v) is 2.91. The number of aldehydes is 1. The summed E-state index contributed by atoms with van der Waals surface area (Å²) in [6.45, 7) is 2.03. The summed E-state index contributed by atoms with van der Waals surface area (Å²) in [7, 11) is 1.64. The third-order valence-electron chi connectivity index (χ3n) is 2.11. The maximum absolute atomic E-state index is 10.4. The van der Waals surface area contributed by atoms with E-state index >= 15 is 0 Å². The predicted molar refractivity (Wildman–Crippen MR) is 57.3 cm³/mol. The molecule has 0 unspecified atom stereocenters. The first-order chi connectivity index (χ1) is 6.81. The molecule has 0 N–H and O–H groups in total. The van der Waals surface area contributed by atoms with Crippen molar-refractivity contribution in [1.29, 1.82) is 0 Å². The second kappa shape index (κ2) is 5.22. The molecule has 0 aromatic heterocycles. The lowest BCUT2D eigenvalue weighted by Crippen LogP contribution is -1.86. The largest absolute Gasteiger partial charge is 0.497 e. The molecule has 0 saturated heterocycles. The molecule has 0 amide bonds. The second-order valence-electron chi connectivity index (χ2n) is 2.91. The first-order valence-corrected chi connectivity index (χ1v) is 4.60. The Morgan fingerprint density at radius 1 is 1.36 bits per heavy atom. The zero-order valence-electron chi connectivity index (χ0n) is 8.49. The molecule has 0 aliphatic rings. The van der Waals surface area contributed by atoms with E-state index in [0.29, 0.717) is 0 Å². The van der Waals surface area contributed by atoms with Crippen molar-refractivity contribution in [2.24, 2.45) is 0 Å². The van der Waals surface area contributed by atoms with Gasteiger partial charge in [0.15, 0.2) is 0 Å². The van der Waals surface area contributed by atoms with Gasteiger partial charge in [0.05, 0.1) is 7.11 Å². The van der Waals surface area contributed by atoms with Crippen LogP contribution in [0.15, 0.2) is 30.3 Å². The summed E-state index contributed by atoms with van der Waals surface area (Å²) in [6, 6.07) is 7.70. The molecular weight excluding hydrogens is 176 g/mol. The number of hydrogen-bond acceptors (Lipinski definition) is 2. The molecular formula is C12H14O2. The number of rotatable bonds is 4. The molecule has 2 nitrogen and oxygen atoms in total. The van der Waals surface area contributed by atoms with E-state index in [2.05, 4.69) is 0 Å². The Balaban J connectivity index is 2.95. The lowest BCUT2D eigenvalue weighted by Gasteiger charge is -2.04. The zero-order valence-corrected chi connectivity index (χ0v) is 8.49. The van der Waals surface area contributed by atoms with E-state index in [1.54, 1.807) is 13.2 Å². The fraction of sp³-hybridized carbons (Fsp3) is 0.250. The van der Waals surface area contributed by atoms with Gasteiger partial charge in [0.2, 0.25) is 0 Å². The molecule has 1 rings (SSSR count). The van der Waals surface area contributed by atoms with E-state index in [1.165, 1.54) is 0 Å². The van der Waals surface area contributed by atoms with Crippen LogP contribution in [0.1, 0.15) is 18.9 Å². The zero-order chi connectivity index (χ0) is 10.4. The van der Waals surface area contributed by atoms with Gasteiger partial charge >= 0.3 is 0 Å². The smallest absolute Gasteiger partial charge is 0.143 e. The van der Waals surface area contributed by atoms with E-state index in [-0.39, 0.29) is 0 Å². The normalized spacial score (nSPS) is 11.1. The number of hydrogen-bond donors (Lipinski definition) is 0. The minimum atomic E-state index is 0.822. The lowest BCUT2D eigenvalue weighted by atomic mass is 10.0. The van der Waals surface area contributed by atoms with E-state index in [4.69, 9.17) is 4.74 Å². The van der Waals surface area contributed by atoms with Crippen molar-refractivity contribution in [3.63, 3.8) is 0 Å². The molecule has 0 atom stereocenters. The van der Waals surface area contributed by atoms with Crippen molar-refractivity contribution >= 4 is 11.9 Å². The van der Waals surface area contributed by atoms with Crippen LogP contribution in [-0.2, 0) is 4.79 Å². The molecule has 0 radical (unpaired) electrons. The van der Waals surface area contributed by atoms with Crippen LogP contribution in [-0.4, -0.2) is 13.4 Å².